The van der Waals surface area contributed by atoms with E-state index >= 15 is 0 Å². The van der Waals surface area contributed by atoms with Crippen LogP contribution in [0.3, 0.4) is 0 Å². The molecular weight excluding hydrogens is 198 g/mol. The molecule has 0 N–H and O–H groups in total. The molecular formula is C13H25N3. The first-order valence-corrected chi connectivity index (χ1v) is 6.61. The van der Waals surface area contributed by atoms with E-state index in [4.69, 9.17) is 0 Å². The average molecular weight is 223 g/mol. The Labute approximate surface area is 99.2 Å². The molecule has 1 rings (SSSR count). The highest BCUT2D eigenvalue weighted by Crippen LogP contribution is 2.08. The van der Waals surface area contributed by atoms with Gasteiger partial charge in [-0.3, -0.25) is 0 Å². The molecule has 1 aromatic heterocycles. The van der Waals surface area contributed by atoms with Crippen LogP contribution in [0.25, 0.3) is 0 Å². The largest absolute Gasteiger partial charge is 0.249 e. The van der Waals surface area contributed by atoms with Crippen LogP contribution in [0.15, 0.2) is 6.20 Å². The molecule has 0 aliphatic heterocycles. The second kappa shape index (κ2) is 7.42. The second-order valence-corrected chi connectivity index (χ2v) is 4.94. The molecule has 0 fully saturated rings. The highest BCUT2D eigenvalue weighted by atomic mass is 15.4. The maximum Gasteiger partial charge on any atom is 0.0725 e. The summed E-state index contributed by atoms with van der Waals surface area (Å²) in [5, 5.41) is 8.17. The molecule has 0 bridgehead atoms. The van der Waals surface area contributed by atoms with E-state index in [1.165, 1.54) is 37.8 Å². The summed E-state index contributed by atoms with van der Waals surface area (Å²) >= 11 is 0. The first-order valence-electron chi connectivity index (χ1n) is 6.61. The molecule has 0 spiro atoms. The van der Waals surface area contributed by atoms with Crippen LogP contribution in [0.4, 0.5) is 0 Å². The van der Waals surface area contributed by atoms with E-state index in [2.05, 4.69) is 35.8 Å². The van der Waals surface area contributed by atoms with Crippen molar-refractivity contribution in [2.75, 3.05) is 0 Å². The van der Waals surface area contributed by atoms with Crippen LogP contribution >= 0.6 is 0 Å². The van der Waals surface area contributed by atoms with Gasteiger partial charge in [0.25, 0.3) is 0 Å². The molecule has 0 radical (unpaired) electrons. The Kier molecular flexibility index (Phi) is 6.12. The van der Waals surface area contributed by atoms with Crippen LogP contribution in [0.5, 0.6) is 0 Å². The maximum absolute atomic E-state index is 4.16. The van der Waals surface area contributed by atoms with Gasteiger partial charge in [0, 0.05) is 6.54 Å². The molecule has 16 heavy (non-hydrogen) atoms. The van der Waals surface area contributed by atoms with E-state index < -0.39 is 0 Å². The van der Waals surface area contributed by atoms with E-state index in [1.807, 2.05) is 6.20 Å². The molecule has 0 aromatic carbocycles. The molecule has 3 nitrogen and oxygen atoms in total. The van der Waals surface area contributed by atoms with Crippen LogP contribution in [-0.4, -0.2) is 15.0 Å². The minimum atomic E-state index is 0.784. The maximum atomic E-state index is 4.16. The molecule has 3 heteroatoms. The van der Waals surface area contributed by atoms with Crippen molar-refractivity contribution < 1.29 is 0 Å². The minimum absolute atomic E-state index is 0.784. The van der Waals surface area contributed by atoms with Crippen LogP contribution in [0.1, 0.15) is 58.6 Å². The average Bonchev–Trinajstić information content (AvgIpc) is 2.66. The van der Waals surface area contributed by atoms with Crippen LogP contribution in [-0.2, 0) is 13.0 Å². The SMILES string of the molecule is CCCCCc1cnnn1CCCC(C)C. The third-order valence-electron chi connectivity index (χ3n) is 2.89. The van der Waals surface area contributed by atoms with Crippen LogP contribution in [0.2, 0.25) is 0 Å². The van der Waals surface area contributed by atoms with Gasteiger partial charge in [0.2, 0.25) is 0 Å². The highest BCUT2D eigenvalue weighted by Gasteiger charge is 2.03. The Morgan fingerprint density at radius 3 is 2.75 bits per heavy atom. The van der Waals surface area contributed by atoms with Crippen molar-refractivity contribution in [3.05, 3.63) is 11.9 Å². The molecule has 1 heterocycles. The van der Waals surface area contributed by atoms with Gasteiger partial charge in [-0.05, 0) is 31.6 Å². The normalized spacial score (nSPS) is 11.2. The number of aryl methyl sites for hydroxylation is 2. The van der Waals surface area contributed by atoms with Crippen LogP contribution in [0, 0.1) is 5.92 Å². The monoisotopic (exact) mass is 223 g/mol. The molecule has 0 unspecified atom stereocenters. The lowest BCUT2D eigenvalue weighted by atomic mass is 10.1. The van der Waals surface area contributed by atoms with Crippen molar-refractivity contribution in [3.63, 3.8) is 0 Å². The fraction of sp³-hybridized carbons (Fsp3) is 0.846. The Hall–Kier alpha value is -0.860. The van der Waals surface area contributed by atoms with E-state index in [1.54, 1.807) is 0 Å². The standard InChI is InChI=1S/C13H25N3/c1-4-5-6-9-13-11-14-15-16(13)10-7-8-12(2)3/h11-12H,4-10H2,1-3H3. The minimum Gasteiger partial charge on any atom is -0.249 e. The second-order valence-electron chi connectivity index (χ2n) is 4.94. The predicted octanol–water partition coefficient (Wildman–Crippen LogP) is 3.45. The number of aromatic nitrogens is 3. The van der Waals surface area contributed by atoms with Crippen molar-refractivity contribution in [3.8, 4) is 0 Å². The van der Waals surface area contributed by atoms with Gasteiger partial charge in [-0.25, -0.2) is 4.68 Å². The molecule has 0 amide bonds. The summed E-state index contributed by atoms with van der Waals surface area (Å²) in [7, 11) is 0. The summed E-state index contributed by atoms with van der Waals surface area (Å²) in [6.45, 7) is 7.80. The zero-order valence-corrected chi connectivity index (χ0v) is 10.9. The first kappa shape index (κ1) is 13.2. The molecule has 0 aliphatic carbocycles. The number of nitrogens with zero attached hydrogens (tertiary/aromatic N) is 3. The van der Waals surface area contributed by atoms with Crippen molar-refractivity contribution in [1.82, 2.24) is 15.0 Å². The molecule has 0 saturated carbocycles. The molecule has 92 valence electrons. The zero-order valence-electron chi connectivity index (χ0n) is 10.9. The van der Waals surface area contributed by atoms with Gasteiger partial charge < -0.3 is 0 Å². The quantitative estimate of drug-likeness (QED) is 0.632. The van der Waals surface area contributed by atoms with Crippen molar-refractivity contribution in [2.45, 2.75) is 65.8 Å². The number of hydrogen-bond donors (Lipinski definition) is 0. The predicted molar refractivity (Wildman–Crippen MR) is 67.3 cm³/mol. The van der Waals surface area contributed by atoms with Gasteiger partial charge in [-0.15, -0.1) is 5.10 Å². The molecule has 1 aromatic rings. The lowest BCUT2D eigenvalue weighted by Gasteiger charge is -2.07. The summed E-state index contributed by atoms with van der Waals surface area (Å²) in [5.41, 5.74) is 1.30. The first-order chi connectivity index (χ1) is 7.74. The Morgan fingerprint density at radius 2 is 2.06 bits per heavy atom. The highest BCUT2D eigenvalue weighted by molar-refractivity contribution is 4.93. The van der Waals surface area contributed by atoms with Crippen molar-refractivity contribution in [2.24, 2.45) is 5.92 Å². The van der Waals surface area contributed by atoms with E-state index in [0.29, 0.717) is 0 Å². The lowest BCUT2D eigenvalue weighted by Crippen LogP contribution is -2.06. The molecule has 0 atom stereocenters. The van der Waals surface area contributed by atoms with E-state index in [-0.39, 0.29) is 0 Å². The van der Waals surface area contributed by atoms with Gasteiger partial charge in [0.1, 0.15) is 0 Å². The van der Waals surface area contributed by atoms with E-state index in [0.717, 1.165) is 18.9 Å². The Bertz CT molecular complexity index is 278. The summed E-state index contributed by atoms with van der Waals surface area (Å²) in [4.78, 5) is 0. The van der Waals surface area contributed by atoms with Gasteiger partial charge in [-0.1, -0.05) is 38.8 Å². The molecule has 0 aliphatic rings. The lowest BCUT2D eigenvalue weighted by molar-refractivity contribution is 0.470. The topological polar surface area (TPSA) is 30.7 Å². The fourth-order valence-electron chi connectivity index (χ4n) is 1.87. The smallest absolute Gasteiger partial charge is 0.0725 e. The van der Waals surface area contributed by atoms with Crippen molar-refractivity contribution >= 4 is 0 Å². The summed E-state index contributed by atoms with van der Waals surface area (Å²) in [6, 6.07) is 0. The fourth-order valence-corrected chi connectivity index (χ4v) is 1.87. The van der Waals surface area contributed by atoms with Crippen molar-refractivity contribution in [1.29, 1.82) is 0 Å². The van der Waals surface area contributed by atoms with Gasteiger partial charge >= 0.3 is 0 Å². The number of rotatable bonds is 8. The summed E-state index contributed by atoms with van der Waals surface area (Å²) < 4.78 is 2.08. The number of unbranched alkanes of at least 4 members (excludes halogenated alkanes) is 2. The third kappa shape index (κ3) is 4.77. The Balaban J connectivity index is 2.32. The van der Waals surface area contributed by atoms with Gasteiger partial charge in [0.05, 0.1) is 11.9 Å². The summed E-state index contributed by atoms with van der Waals surface area (Å²) in [6.07, 6.45) is 9.36. The third-order valence-corrected chi connectivity index (χ3v) is 2.89. The number of hydrogen-bond acceptors (Lipinski definition) is 2. The van der Waals surface area contributed by atoms with E-state index in [9.17, 15) is 0 Å². The molecule has 0 saturated heterocycles. The van der Waals surface area contributed by atoms with Gasteiger partial charge in [0.15, 0.2) is 0 Å². The zero-order chi connectivity index (χ0) is 11.8. The van der Waals surface area contributed by atoms with Crippen LogP contribution < -0.4 is 0 Å². The Morgan fingerprint density at radius 1 is 1.25 bits per heavy atom. The summed E-state index contributed by atoms with van der Waals surface area (Å²) in [5.74, 6) is 0.784. The van der Waals surface area contributed by atoms with Gasteiger partial charge in [-0.2, -0.15) is 0 Å².